The molecule has 0 amide bonds. The van der Waals surface area contributed by atoms with Crippen LogP contribution in [0.5, 0.6) is 0 Å². The highest BCUT2D eigenvalue weighted by molar-refractivity contribution is 7.92. The maximum atomic E-state index is 16.0. The molecular weight excluding hydrogens is 544 g/mol. The lowest BCUT2D eigenvalue weighted by atomic mass is 10.0. The lowest BCUT2D eigenvalue weighted by Gasteiger charge is -2.39. The second-order valence-electron chi connectivity index (χ2n) is 8.25. The van der Waals surface area contributed by atoms with Gasteiger partial charge in [0.05, 0.1) is 33.8 Å². The maximum absolute atomic E-state index is 16.0. The smallest absolute Gasteiger partial charge is 0.236 e. The number of benzene rings is 2. The van der Waals surface area contributed by atoms with E-state index in [-0.39, 0.29) is 63.1 Å². The van der Waals surface area contributed by atoms with Crippen molar-refractivity contribution in [3.05, 3.63) is 53.2 Å². The van der Waals surface area contributed by atoms with Gasteiger partial charge in [0.25, 0.3) is 0 Å². The van der Waals surface area contributed by atoms with Gasteiger partial charge in [-0.1, -0.05) is 29.5 Å². The topological polar surface area (TPSA) is 129 Å². The predicted octanol–water partition coefficient (Wildman–Crippen LogP) is 4.30. The fraction of sp³-hybridized carbons (Fsp3) is 0.217. The molecule has 14 heteroatoms. The zero-order chi connectivity index (χ0) is 26.5. The number of nitrogens with two attached hydrogens (primary N) is 1. The largest absolute Gasteiger partial charge is 0.375 e. The van der Waals surface area contributed by atoms with Crippen LogP contribution in [0.1, 0.15) is 6.42 Å². The quantitative estimate of drug-likeness (QED) is 0.382. The molecule has 0 unspecified atom stereocenters. The Morgan fingerprint density at radius 1 is 1.30 bits per heavy atom. The van der Waals surface area contributed by atoms with Crippen LogP contribution in [-0.2, 0) is 10.0 Å². The number of hydrogen-bond acceptors (Lipinski definition) is 9. The van der Waals surface area contributed by atoms with E-state index in [2.05, 4.69) is 21.5 Å². The van der Waals surface area contributed by atoms with E-state index in [9.17, 15) is 18.1 Å². The van der Waals surface area contributed by atoms with Gasteiger partial charge >= 0.3 is 0 Å². The number of fused-ring (bicyclic) bond motifs is 2. The summed E-state index contributed by atoms with van der Waals surface area (Å²) in [5.74, 6) is -0.926. The van der Waals surface area contributed by atoms with Gasteiger partial charge in [-0.3, -0.25) is 0 Å². The number of sulfonamides is 1. The predicted molar refractivity (Wildman–Crippen MR) is 140 cm³/mol. The van der Waals surface area contributed by atoms with Crippen molar-refractivity contribution in [2.45, 2.75) is 12.5 Å². The van der Waals surface area contributed by atoms with Crippen LogP contribution >= 0.6 is 22.9 Å². The molecule has 37 heavy (non-hydrogen) atoms. The Hall–Kier alpha value is -3.44. The van der Waals surface area contributed by atoms with Crippen molar-refractivity contribution in [3.63, 3.8) is 0 Å². The summed E-state index contributed by atoms with van der Waals surface area (Å²) in [5, 5.41) is 10.6. The highest BCUT2D eigenvalue weighted by Crippen LogP contribution is 2.42. The number of thiazole rings is 1. The maximum Gasteiger partial charge on any atom is 0.236 e. The van der Waals surface area contributed by atoms with Crippen molar-refractivity contribution < 1.29 is 17.2 Å². The first kappa shape index (κ1) is 25.2. The highest BCUT2D eigenvalue weighted by Gasteiger charge is 2.35. The number of piperazine rings is 1. The third kappa shape index (κ3) is 4.25. The molecule has 190 valence electrons. The SMILES string of the molecule is C=CS(=O)(=O)N1CCN(c2ncnc3c(F)c(-c4ccc(F)c5sc(N)nc45)c(Cl)cc23)C[C@@H]1CC#N. The summed E-state index contributed by atoms with van der Waals surface area (Å²) in [4.78, 5) is 14.4. The molecule has 1 saturated heterocycles. The standard InChI is InChI=1S/C23H18ClF2N7O2S2/c1-2-37(34,35)33-8-7-32(10-12(33)5-6-27)22-14-9-15(24)17(18(26)19(14)29-11-30-22)13-3-4-16(25)21-20(13)31-23(28)36-21/h2-4,9,11-12H,1,5,7-8,10H2,(H2,28,31)/t12-/m0/s1. The molecule has 2 aromatic heterocycles. The van der Waals surface area contributed by atoms with Crippen LogP contribution in [0.2, 0.25) is 5.02 Å². The molecular formula is C23H18ClF2N7O2S2. The van der Waals surface area contributed by atoms with Gasteiger partial charge < -0.3 is 10.6 Å². The number of anilines is 2. The van der Waals surface area contributed by atoms with Gasteiger partial charge in [-0.25, -0.2) is 32.2 Å². The second kappa shape index (κ2) is 9.46. The summed E-state index contributed by atoms with van der Waals surface area (Å²) in [6.45, 7) is 3.82. The van der Waals surface area contributed by atoms with Gasteiger partial charge in [-0.15, -0.1) is 0 Å². The first-order valence-electron chi connectivity index (χ1n) is 10.9. The molecule has 1 aliphatic rings. The van der Waals surface area contributed by atoms with Gasteiger partial charge in [0.2, 0.25) is 10.0 Å². The van der Waals surface area contributed by atoms with Crippen molar-refractivity contribution in [2.24, 2.45) is 0 Å². The van der Waals surface area contributed by atoms with E-state index in [4.69, 9.17) is 17.3 Å². The third-order valence-electron chi connectivity index (χ3n) is 6.17. The van der Waals surface area contributed by atoms with Crippen molar-refractivity contribution in [2.75, 3.05) is 30.3 Å². The molecule has 0 saturated carbocycles. The van der Waals surface area contributed by atoms with Crippen molar-refractivity contribution in [3.8, 4) is 17.2 Å². The zero-order valence-corrected chi connectivity index (χ0v) is 21.4. The summed E-state index contributed by atoms with van der Waals surface area (Å²) in [6.07, 6.45) is 1.15. The summed E-state index contributed by atoms with van der Waals surface area (Å²) >= 11 is 7.53. The molecule has 3 heterocycles. The molecule has 9 nitrogen and oxygen atoms in total. The molecule has 2 aromatic carbocycles. The summed E-state index contributed by atoms with van der Waals surface area (Å²) in [5.41, 5.74) is 6.21. The summed E-state index contributed by atoms with van der Waals surface area (Å²) in [6, 6.07) is 5.46. The molecule has 4 aromatic rings. The zero-order valence-electron chi connectivity index (χ0n) is 19.0. The first-order valence-corrected chi connectivity index (χ1v) is 13.6. The summed E-state index contributed by atoms with van der Waals surface area (Å²) < 4.78 is 56.6. The average Bonchev–Trinajstić information content (AvgIpc) is 3.27. The Morgan fingerprint density at radius 2 is 2.08 bits per heavy atom. The Morgan fingerprint density at radius 3 is 2.81 bits per heavy atom. The molecule has 0 spiro atoms. The van der Waals surface area contributed by atoms with E-state index < -0.39 is 27.7 Å². The first-order chi connectivity index (χ1) is 17.7. The minimum atomic E-state index is -3.74. The molecule has 1 atom stereocenters. The molecule has 5 rings (SSSR count). The highest BCUT2D eigenvalue weighted by atomic mass is 35.5. The van der Waals surface area contributed by atoms with Gasteiger partial charge in [0.15, 0.2) is 10.9 Å². The molecule has 1 aliphatic heterocycles. The Bertz CT molecular complexity index is 1720. The lowest BCUT2D eigenvalue weighted by Crippen LogP contribution is -2.54. The van der Waals surface area contributed by atoms with E-state index in [0.29, 0.717) is 11.2 Å². The van der Waals surface area contributed by atoms with Crippen LogP contribution in [0.15, 0.2) is 36.5 Å². The van der Waals surface area contributed by atoms with Crippen molar-refractivity contribution >= 4 is 65.0 Å². The number of nitriles is 1. The van der Waals surface area contributed by atoms with E-state index in [0.717, 1.165) is 16.7 Å². The number of rotatable bonds is 5. The van der Waals surface area contributed by atoms with E-state index >= 15 is 4.39 Å². The van der Waals surface area contributed by atoms with E-state index in [1.165, 1.54) is 28.8 Å². The Kier molecular flexibility index (Phi) is 6.45. The van der Waals surface area contributed by atoms with Crippen LogP contribution < -0.4 is 10.6 Å². The fourth-order valence-corrected chi connectivity index (χ4v) is 6.68. The van der Waals surface area contributed by atoms with E-state index in [1.807, 2.05) is 6.07 Å². The van der Waals surface area contributed by atoms with Crippen LogP contribution in [0.25, 0.3) is 32.2 Å². The normalized spacial score (nSPS) is 16.8. The molecule has 2 N–H and O–H groups in total. The number of nitrogens with zero attached hydrogens (tertiary/aromatic N) is 6. The molecule has 0 bridgehead atoms. The lowest BCUT2D eigenvalue weighted by molar-refractivity contribution is 0.295. The monoisotopic (exact) mass is 561 g/mol. The Labute approximate surface area is 219 Å². The summed E-state index contributed by atoms with van der Waals surface area (Å²) in [7, 11) is -3.74. The molecule has 0 aliphatic carbocycles. The molecule has 0 radical (unpaired) electrons. The van der Waals surface area contributed by atoms with Crippen LogP contribution in [0, 0.1) is 23.0 Å². The number of nitrogen functional groups attached to an aromatic ring is 1. The third-order valence-corrected chi connectivity index (χ3v) is 8.92. The number of halogens is 3. The second-order valence-corrected chi connectivity index (χ2v) is 11.5. The Balaban J connectivity index is 1.62. The van der Waals surface area contributed by atoms with Gasteiger partial charge in [-0.2, -0.15) is 9.57 Å². The fourth-order valence-electron chi connectivity index (χ4n) is 4.54. The van der Waals surface area contributed by atoms with Crippen LogP contribution in [0.4, 0.5) is 19.7 Å². The van der Waals surface area contributed by atoms with Crippen LogP contribution in [-0.4, -0.2) is 53.4 Å². The number of aromatic nitrogens is 3. The van der Waals surface area contributed by atoms with Crippen LogP contribution in [0.3, 0.4) is 0 Å². The average molecular weight is 562 g/mol. The number of hydrogen-bond donors (Lipinski definition) is 1. The van der Waals surface area contributed by atoms with Crippen molar-refractivity contribution in [1.29, 1.82) is 5.26 Å². The van der Waals surface area contributed by atoms with Gasteiger partial charge in [-0.05, 0) is 18.2 Å². The van der Waals surface area contributed by atoms with E-state index in [1.54, 1.807) is 4.90 Å². The van der Waals surface area contributed by atoms with Crippen molar-refractivity contribution in [1.82, 2.24) is 19.3 Å². The van der Waals surface area contributed by atoms with Gasteiger partial charge in [0.1, 0.15) is 23.5 Å². The minimum absolute atomic E-state index is 0.00151. The van der Waals surface area contributed by atoms with Gasteiger partial charge in [0, 0.05) is 41.6 Å². The minimum Gasteiger partial charge on any atom is -0.375 e. The molecule has 1 fully saturated rings.